The van der Waals surface area contributed by atoms with E-state index in [0.717, 1.165) is 35.3 Å². The fourth-order valence-electron chi connectivity index (χ4n) is 3.82. The number of methoxy groups -OCH3 is 1. The molecule has 4 rings (SSSR count). The monoisotopic (exact) mass is 383 g/mol. The summed E-state index contributed by atoms with van der Waals surface area (Å²) in [7, 11) is 1.61. The summed E-state index contributed by atoms with van der Waals surface area (Å²) < 4.78 is 24.5. The SMILES string of the molecule is COc1ccc(OCCCc2ccc(F)cc2)c2c1CCc1c(O)[nH]c(O)c1-2. The topological polar surface area (TPSA) is 74.7 Å². The third kappa shape index (κ3) is 3.26. The Morgan fingerprint density at radius 3 is 2.39 bits per heavy atom. The maximum Gasteiger partial charge on any atom is 0.199 e. The zero-order valence-corrected chi connectivity index (χ0v) is 15.6. The van der Waals surface area contributed by atoms with E-state index in [1.165, 1.54) is 12.1 Å². The molecule has 3 N–H and O–H groups in total. The summed E-state index contributed by atoms with van der Waals surface area (Å²) >= 11 is 0. The predicted molar refractivity (Wildman–Crippen MR) is 104 cm³/mol. The molecule has 0 unspecified atom stereocenters. The van der Waals surface area contributed by atoms with E-state index in [-0.39, 0.29) is 17.6 Å². The number of rotatable bonds is 6. The molecule has 1 aromatic heterocycles. The van der Waals surface area contributed by atoms with Crippen molar-refractivity contribution in [2.45, 2.75) is 25.7 Å². The number of aromatic hydroxyl groups is 2. The Morgan fingerprint density at radius 1 is 0.929 bits per heavy atom. The number of benzene rings is 2. The molecular formula is C22H22FNO4. The maximum absolute atomic E-state index is 13.0. The number of nitrogens with one attached hydrogen (secondary N) is 1. The zero-order valence-electron chi connectivity index (χ0n) is 15.6. The average Bonchev–Trinajstić information content (AvgIpc) is 3.00. The quantitative estimate of drug-likeness (QED) is 0.553. The number of ether oxygens (including phenoxy) is 2. The van der Waals surface area contributed by atoms with Crippen molar-refractivity contribution in [1.29, 1.82) is 0 Å². The zero-order chi connectivity index (χ0) is 19.7. The molecule has 146 valence electrons. The lowest BCUT2D eigenvalue weighted by molar-refractivity contribution is 0.310. The van der Waals surface area contributed by atoms with Gasteiger partial charge in [-0.3, -0.25) is 4.98 Å². The van der Waals surface area contributed by atoms with E-state index in [2.05, 4.69) is 4.98 Å². The fourth-order valence-corrected chi connectivity index (χ4v) is 3.82. The van der Waals surface area contributed by atoms with E-state index < -0.39 is 0 Å². The van der Waals surface area contributed by atoms with Crippen molar-refractivity contribution >= 4 is 0 Å². The van der Waals surface area contributed by atoms with Gasteiger partial charge < -0.3 is 19.7 Å². The Kier molecular flexibility index (Phi) is 4.86. The molecule has 5 nitrogen and oxygen atoms in total. The minimum absolute atomic E-state index is 0.0109. The average molecular weight is 383 g/mol. The highest BCUT2D eigenvalue weighted by atomic mass is 19.1. The second-order valence-electron chi connectivity index (χ2n) is 6.87. The molecule has 0 fully saturated rings. The van der Waals surface area contributed by atoms with Crippen LogP contribution in [-0.2, 0) is 19.3 Å². The van der Waals surface area contributed by atoms with Crippen molar-refractivity contribution < 1.29 is 24.1 Å². The van der Waals surface area contributed by atoms with Gasteiger partial charge in [-0.05, 0) is 55.5 Å². The predicted octanol–water partition coefficient (Wildman–Crippen LogP) is 4.35. The van der Waals surface area contributed by atoms with E-state index >= 15 is 0 Å². The summed E-state index contributed by atoms with van der Waals surface area (Å²) in [6.45, 7) is 0.475. The molecule has 0 saturated heterocycles. The smallest absolute Gasteiger partial charge is 0.199 e. The van der Waals surface area contributed by atoms with E-state index in [9.17, 15) is 14.6 Å². The first-order chi connectivity index (χ1) is 13.6. The normalized spacial score (nSPS) is 12.4. The van der Waals surface area contributed by atoms with Crippen LogP contribution in [0.4, 0.5) is 4.39 Å². The number of hydrogen-bond acceptors (Lipinski definition) is 4. The third-order valence-corrected chi connectivity index (χ3v) is 5.17. The van der Waals surface area contributed by atoms with Gasteiger partial charge in [0, 0.05) is 16.7 Å². The van der Waals surface area contributed by atoms with Crippen LogP contribution in [-0.4, -0.2) is 28.9 Å². The van der Waals surface area contributed by atoms with E-state index in [1.807, 2.05) is 12.1 Å². The second kappa shape index (κ2) is 7.46. The van der Waals surface area contributed by atoms with Gasteiger partial charge in [0.1, 0.15) is 17.3 Å². The molecule has 0 saturated carbocycles. The highest BCUT2D eigenvalue weighted by Crippen LogP contribution is 2.50. The van der Waals surface area contributed by atoms with Gasteiger partial charge in [0.2, 0.25) is 0 Å². The largest absolute Gasteiger partial charge is 0.496 e. The van der Waals surface area contributed by atoms with Gasteiger partial charge in [-0.1, -0.05) is 12.1 Å². The molecule has 1 aliphatic rings. The maximum atomic E-state index is 13.0. The van der Waals surface area contributed by atoms with Crippen LogP contribution in [0.3, 0.4) is 0 Å². The lowest BCUT2D eigenvalue weighted by Gasteiger charge is -2.22. The summed E-state index contributed by atoms with van der Waals surface area (Å²) in [5.41, 5.74) is 4.04. The number of H-pyrrole nitrogens is 1. The lowest BCUT2D eigenvalue weighted by Crippen LogP contribution is -2.08. The van der Waals surface area contributed by atoms with Crippen LogP contribution in [0, 0.1) is 5.82 Å². The lowest BCUT2D eigenvalue weighted by atomic mass is 9.86. The molecule has 28 heavy (non-hydrogen) atoms. The molecule has 6 heteroatoms. The van der Waals surface area contributed by atoms with Gasteiger partial charge in [0.15, 0.2) is 11.8 Å². The van der Waals surface area contributed by atoms with Crippen molar-refractivity contribution in [1.82, 2.24) is 4.98 Å². The van der Waals surface area contributed by atoms with Gasteiger partial charge in [-0.25, -0.2) is 4.39 Å². The van der Waals surface area contributed by atoms with E-state index in [1.54, 1.807) is 19.2 Å². The van der Waals surface area contributed by atoms with Crippen molar-refractivity contribution in [2.75, 3.05) is 13.7 Å². The molecule has 2 aromatic carbocycles. The number of aryl methyl sites for hydroxylation is 1. The molecule has 1 aliphatic carbocycles. The molecule has 0 bridgehead atoms. The fraction of sp³-hybridized carbons (Fsp3) is 0.273. The van der Waals surface area contributed by atoms with Crippen molar-refractivity contribution in [3.8, 4) is 34.4 Å². The van der Waals surface area contributed by atoms with Crippen LogP contribution in [0.5, 0.6) is 23.3 Å². The number of aromatic nitrogens is 1. The number of hydrogen-bond donors (Lipinski definition) is 3. The summed E-state index contributed by atoms with van der Waals surface area (Å²) in [5, 5.41) is 20.4. The number of fused-ring (bicyclic) bond motifs is 3. The minimum atomic E-state index is -0.241. The third-order valence-electron chi connectivity index (χ3n) is 5.17. The molecule has 3 aromatic rings. The van der Waals surface area contributed by atoms with Crippen LogP contribution in [0.2, 0.25) is 0 Å². The molecule has 0 atom stereocenters. The first kappa shape index (κ1) is 18.2. The number of aromatic amines is 1. The standard InChI is InChI=1S/C22H22FNO4/c1-27-17-10-11-18(28-12-2-3-13-4-6-14(23)7-5-13)19-15(17)8-9-16-20(19)22(26)24-21(16)25/h4-7,10-11,24-26H,2-3,8-9,12H2,1H3. The first-order valence-electron chi connectivity index (χ1n) is 9.28. The van der Waals surface area contributed by atoms with Crippen molar-refractivity contribution in [3.05, 3.63) is 58.9 Å². The summed E-state index contributed by atoms with van der Waals surface area (Å²) in [6, 6.07) is 10.2. The molecule has 0 spiro atoms. The molecule has 0 aliphatic heterocycles. The van der Waals surface area contributed by atoms with Gasteiger partial charge in [0.05, 0.1) is 19.3 Å². The highest BCUT2D eigenvalue weighted by molar-refractivity contribution is 5.85. The number of halogens is 1. The Hall–Kier alpha value is -3.15. The van der Waals surface area contributed by atoms with Crippen LogP contribution < -0.4 is 9.47 Å². The summed E-state index contributed by atoms with van der Waals surface area (Å²) in [4.78, 5) is 2.60. The Labute approximate surface area is 162 Å². The van der Waals surface area contributed by atoms with Gasteiger partial charge in [-0.2, -0.15) is 0 Å². The van der Waals surface area contributed by atoms with E-state index in [4.69, 9.17) is 9.47 Å². The van der Waals surface area contributed by atoms with Gasteiger partial charge >= 0.3 is 0 Å². The molecule has 0 amide bonds. The first-order valence-corrected chi connectivity index (χ1v) is 9.28. The van der Waals surface area contributed by atoms with Gasteiger partial charge in [-0.15, -0.1) is 0 Å². The van der Waals surface area contributed by atoms with Crippen LogP contribution in [0.25, 0.3) is 11.1 Å². The van der Waals surface area contributed by atoms with E-state index in [0.29, 0.717) is 36.3 Å². The van der Waals surface area contributed by atoms with Crippen molar-refractivity contribution in [2.24, 2.45) is 0 Å². The molecule has 1 heterocycles. The van der Waals surface area contributed by atoms with Crippen LogP contribution in [0.15, 0.2) is 36.4 Å². The second-order valence-corrected chi connectivity index (χ2v) is 6.87. The molecular weight excluding hydrogens is 361 g/mol. The van der Waals surface area contributed by atoms with Crippen molar-refractivity contribution in [3.63, 3.8) is 0 Å². The highest BCUT2D eigenvalue weighted by Gasteiger charge is 2.29. The van der Waals surface area contributed by atoms with Crippen LogP contribution in [0.1, 0.15) is 23.1 Å². The molecule has 0 radical (unpaired) electrons. The minimum Gasteiger partial charge on any atom is -0.496 e. The summed E-state index contributed by atoms with van der Waals surface area (Å²) in [5.74, 6) is 1.06. The Bertz CT molecular complexity index is 995. The Morgan fingerprint density at radius 2 is 1.64 bits per heavy atom. The Balaban J connectivity index is 1.57. The van der Waals surface area contributed by atoms with Gasteiger partial charge in [0.25, 0.3) is 0 Å². The summed E-state index contributed by atoms with van der Waals surface area (Å²) in [6.07, 6.45) is 2.84. The van der Waals surface area contributed by atoms with Crippen LogP contribution >= 0.6 is 0 Å².